The number of fused-ring (bicyclic) bond motifs is 2. The van der Waals surface area contributed by atoms with E-state index in [2.05, 4.69) is 25.5 Å². The molecule has 1 N–H and O–H groups in total. The lowest BCUT2D eigenvalue weighted by molar-refractivity contribution is 0.305. The lowest BCUT2D eigenvalue weighted by Crippen LogP contribution is -2.10. The zero-order chi connectivity index (χ0) is 20.5. The Hall–Kier alpha value is -3.75. The largest absolute Gasteiger partial charge is 0.493 e. The van der Waals surface area contributed by atoms with Crippen LogP contribution < -0.4 is 14.8 Å². The van der Waals surface area contributed by atoms with E-state index in [0.29, 0.717) is 42.5 Å². The van der Waals surface area contributed by atoms with E-state index in [9.17, 15) is 4.39 Å². The summed E-state index contributed by atoms with van der Waals surface area (Å²) in [4.78, 5) is 8.69. The Morgan fingerprint density at radius 1 is 1.27 bits per heavy atom. The van der Waals surface area contributed by atoms with E-state index in [0.717, 1.165) is 22.6 Å². The fourth-order valence-electron chi connectivity index (χ4n) is 3.53. The second-order valence-electron chi connectivity index (χ2n) is 6.96. The topological polar surface area (TPSA) is 86.5 Å². The third-order valence-electron chi connectivity index (χ3n) is 5.16. The van der Waals surface area contributed by atoms with Gasteiger partial charge in [0.2, 0.25) is 11.6 Å². The van der Waals surface area contributed by atoms with Gasteiger partial charge in [-0.1, -0.05) is 6.07 Å². The maximum Gasteiger partial charge on any atom is 0.210 e. The van der Waals surface area contributed by atoms with Gasteiger partial charge in [0.15, 0.2) is 5.75 Å². The van der Waals surface area contributed by atoms with Crippen LogP contribution in [-0.4, -0.2) is 31.2 Å². The quantitative estimate of drug-likeness (QED) is 0.527. The summed E-state index contributed by atoms with van der Waals surface area (Å²) in [6, 6.07) is 6.94. The van der Waals surface area contributed by atoms with E-state index in [4.69, 9.17) is 9.47 Å². The number of benzene rings is 1. The molecule has 0 radical (unpaired) electrons. The van der Waals surface area contributed by atoms with Gasteiger partial charge in [-0.15, -0.1) is 10.2 Å². The average molecular weight is 406 g/mol. The first kappa shape index (κ1) is 18.3. The molecule has 1 aromatic carbocycles. The van der Waals surface area contributed by atoms with Gasteiger partial charge in [-0.2, -0.15) is 0 Å². The molecule has 8 nitrogen and oxygen atoms in total. The van der Waals surface area contributed by atoms with Crippen molar-refractivity contribution >= 4 is 11.6 Å². The first-order chi connectivity index (χ1) is 14.7. The predicted octanol–water partition coefficient (Wildman–Crippen LogP) is 3.09. The molecule has 3 aromatic heterocycles. The van der Waals surface area contributed by atoms with Crippen molar-refractivity contribution in [3.05, 3.63) is 71.2 Å². The molecule has 5 rings (SSSR count). The van der Waals surface area contributed by atoms with Crippen molar-refractivity contribution in [2.24, 2.45) is 0 Å². The van der Waals surface area contributed by atoms with Crippen molar-refractivity contribution in [2.45, 2.75) is 26.5 Å². The van der Waals surface area contributed by atoms with Crippen LogP contribution in [0.1, 0.15) is 22.4 Å². The highest BCUT2D eigenvalue weighted by Crippen LogP contribution is 2.30. The van der Waals surface area contributed by atoms with Crippen LogP contribution in [0.5, 0.6) is 11.5 Å². The average Bonchev–Trinajstić information content (AvgIpc) is 3.43. The monoisotopic (exact) mass is 406 g/mol. The molecule has 1 aliphatic heterocycles. The van der Waals surface area contributed by atoms with Crippen LogP contribution in [0.25, 0.3) is 5.65 Å². The van der Waals surface area contributed by atoms with Crippen LogP contribution in [0.3, 0.4) is 0 Å². The van der Waals surface area contributed by atoms with Crippen LogP contribution in [0.4, 0.5) is 10.3 Å². The van der Waals surface area contributed by atoms with Gasteiger partial charge in [0.05, 0.1) is 12.8 Å². The van der Waals surface area contributed by atoms with Gasteiger partial charge in [0.1, 0.15) is 24.5 Å². The van der Waals surface area contributed by atoms with Gasteiger partial charge < -0.3 is 14.8 Å². The number of rotatable bonds is 6. The third kappa shape index (κ3) is 3.28. The first-order valence-corrected chi connectivity index (χ1v) is 9.59. The van der Waals surface area contributed by atoms with Crippen LogP contribution >= 0.6 is 0 Å². The lowest BCUT2D eigenvalue weighted by atomic mass is 10.0. The molecule has 0 spiro atoms. The van der Waals surface area contributed by atoms with Crippen LogP contribution in [0.2, 0.25) is 0 Å². The summed E-state index contributed by atoms with van der Waals surface area (Å²) in [6.45, 7) is 3.12. The molecule has 0 saturated heterocycles. The number of nitrogens with zero attached hydrogens (tertiary/aromatic N) is 5. The minimum atomic E-state index is -0.265. The Morgan fingerprint density at radius 3 is 3.10 bits per heavy atom. The summed E-state index contributed by atoms with van der Waals surface area (Å²) in [6.07, 6.45) is 5.57. The number of aromatic nitrogens is 5. The van der Waals surface area contributed by atoms with Gasteiger partial charge in [-0.25, -0.2) is 13.8 Å². The SMILES string of the molecule is Cc1ncccc1COc1cnc(NCc2c(F)ccc3c2CCO3)n2cnnc12. The minimum Gasteiger partial charge on any atom is -0.493 e. The number of nitrogens with one attached hydrogen (secondary N) is 1. The number of hydrogen-bond acceptors (Lipinski definition) is 7. The molecule has 0 bridgehead atoms. The third-order valence-corrected chi connectivity index (χ3v) is 5.16. The lowest BCUT2D eigenvalue weighted by Gasteiger charge is -2.13. The van der Waals surface area contributed by atoms with E-state index >= 15 is 0 Å². The zero-order valence-electron chi connectivity index (χ0n) is 16.3. The molecule has 4 aromatic rings. The van der Waals surface area contributed by atoms with Gasteiger partial charge in [0, 0.05) is 41.5 Å². The number of hydrogen-bond donors (Lipinski definition) is 1. The summed E-state index contributed by atoms with van der Waals surface area (Å²) in [7, 11) is 0. The predicted molar refractivity (Wildman–Crippen MR) is 107 cm³/mol. The van der Waals surface area contributed by atoms with E-state index in [1.807, 2.05) is 19.1 Å². The number of aryl methyl sites for hydroxylation is 1. The van der Waals surface area contributed by atoms with Gasteiger partial charge >= 0.3 is 0 Å². The van der Waals surface area contributed by atoms with Gasteiger partial charge in [-0.05, 0) is 25.1 Å². The molecule has 0 atom stereocenters. The van der Waals surface area contributed by atoms with Crippen LogP contribution in [0, 0.1) is 12.7 Å². The minimum absolute atomic E-state index is 0.265. The Bertz CT molecular complexity index is 1230. The number of halogens is 1. The Morgan fingerprint density at radius 2 is 2.20 bits per heavy atom. The molecule has 0 fully saturated rings. The van der Waals surface area contributed by atoms with Crippen molar-refractivity contribution in [3.8, 4) is 11.5 Å². The Labute approximate surface area is 171 Å². The summed E-state index contributed by atoms with van der Waals surface area (Å²) in [5.74, 6) is 1.47. The molecule has 0 amide bonds. The fraction of sp³-hybridized carbons (Fsp3) is 0.238. The van der Waals surface area contributed by atoms with Crippen molar-refractivity contribution in [1.82, 2.24) is 24.6 Å². The van der Waals surface area contributed by atoms with Crippen molar-refractivity contribution < 1.29 is 13.9 Å². The highest BCUT2D eigenvalue weighted by Gasteiger charge is 2.20. The number of pyridine rings is 1. The fourth-order valence-corrected chi connectivity index (χ4v) is 3.53. The molecule has 0 unspecified atom stereocenters. The van der Waals surface area contributed by atoms with E-state index < -0.39 is 0 Å². The number of anilines is 1. The Balaban J connectivity index is 1.37. The first-order valence-electron chi connectivity index (χ1n) is 9.59. The standard InChI is InChI=1S/C21H19FN6O2/c1-13-14(3-2-7-23-13)11-30-19-10-25-21(28-12-26-27-20(19)28)24-9-16-15-6-8-29-18(15)5-4-17(16)22/h2-5,7,10,12H,6,8-9,11H2,1H3,(H,24,25). The summed E-state index contributed by atoms with van der Waals surface area (Å²) < 4.78 is 27.5. The molecule has 0 saturated carbocycles. The highest BCUT2D eigenvalue weighted by molar-refractivity contribution is 5.56. The molecular weight excluding hydrogens is 387 g/mol. The normalized spacial score (nSPS) is 12.6. The summed E-state index contributed by atoms with van der Waals surface area (Å²) in [5, 5.41) is 11.3. The molecule has 30 heavy (non-hydrogen) atoms. The maximum atomic E-state index is 14.4. The zero-order valence-corrected chi connectivity index (χ0v) is 16.3. The van der Waals surface area contributed by atoms with Crippen LogP contribution in [0.15, 0.2) is 43.0 Å². The van der Waals surface area contributed by atoms with Crippen molar-refractivity contribution in [3.63, 3.8) is 0 Å². The van der Waals surface area contributed by atoms with E-state index in [-0.39, 0.29) is 12.4 Å². The smallest absolute Gasteiger partial charge is 0.210 e. The van der Waals surface area contributed by atoms with Crippen LogP contribution in [-0.2, 0) is 19.6 Å². The van der Waals surface area contributed by atoms with E-state index in [1.54, 1.807) is 29.2 Å². The maximum absolute atomic E-state index is 14.4. The van der Waals surface area contributed by atoms with Crippen molar-refractivity contribution in [1.29, 1.82) is 0 Å². The highest BCUT2D eigenvalue weighted by atomic mass is 19.1. The van der Waals surface area contributed by atoms with Crippen molar-refractivity contribution in [2.75, 3.05) is 11.9 Å². The summed E-state index contributed by atoms with van der Waals surface area (Å²) in [5.41, 5.74) is 3.89. The van der Waals surface area contributed by atoms with Gasteiger partial charge in [-0.3, -0.25) is 4.98 Å². The van der Waals surface area contributed by atoms with Gasteiger partial charge in [0.25, 0.3) is 0 Å². The second-order valence-corrected chi connectivity index (χ2v) is 6.96. The molecule has 4 heterocycles. The molecular formula is C21H19FN6O2. The Kier molecular flexibility index (Phi) is 4.62. The number of ether oxygens (including phenoxy) is 2. The van der Waals surface area contributed by atoms with E-state index in [1.165, 1.54) is 6.07 Å². The summed E-state index contributed by atoms with van der Waals surface area (Å²) >= 11 is 0. The second kappa shape index (κ2) is 7.58. The molecule has 152 valence electrons. The molecule has 0 aliphatic carbocycles. The molecule has 1 aliphatic rings. The molecule has 9 heteroatoms.